The lowest BCUT2D eigenvalue weighted by Gasteiger charge is -2.35. The highest BCUT2D eigenvalue weighted by molar-refractivity contribution is 5.66. The Bertz CT molecular complexity index is 194. The molecule has 0 unspecified atom stereocenters. The fraction of sp³-hybridized carbons (Fsp3) is 0.900. The summed E-state index contributed by atoms with van der Waals surface area (Å²) in [5.74, 6) is -0.687. The topological polar surface area (TPSA) is 76.0 Å². The molecule has 0 radical (unpaired) electrons. The van der Waals surface area contributed by atoms with Crippen molar-refractivity contribution in [3.63, 3.8) is 0 Å². The Kier molecular flexibility index (Phi) is 6.47. The average Bonchev–Trinajstić information content (AvgIpc) is 2.21. The molecule has 5 heteroatoms. The van der Waals surface area contributed by atoms with E-state index in [-0.39, 0.29) is 12.5 Å². The number of aliphatic hydroxyl groups is 2. The lowest BCUT2D eigenvalue weighted by molar-refractivity contribution is -0.246. The van der Waals surface area contributed by atoms with Gasteiger partial charge >= 0.3 is 5.97 Å². The molecule has 2 N–H and O–H groups in total. The third-order valence-corrected chi connectivity index (χ3v) is 2.03. The highest BCUT2D eigenvalue weighted by atomic mass is 16.6. The quantitative estimate of drug-likeness (QED) is 0.621. The van der Waals surface area contributed by atoms with Crippen LogP contribution in [-0.2, 0) is 14.3 Å². The van der Waals surface area contributed by atoms with Gasteiger partial charge in [0.1, 0.15) is 6.10 Å². The van der Waals surface area contributed by atoms with Crippen LogP contribution < -0.4 is 0 Å². The number of ether oxygens (including phenoxy) is 2. The van der Waals surface area contributed by atoms with Crippen LogP contribution in [0.1, 0.15) is 27.7 Å². The number of hydrogen-bond acceptors (Lipinski definition) is 5. The third-order valence-electron chi connectivity index (χ3n) is 2.03. The van der Waals surface area contributed by atoms with Gasteiger partial charge in [0.25, 0.3) is 0 Å². The predicted octanol–water partition coefficient (Wildman–Crippen LogP) is 0.290. The molecule has 15 heavy (non-hydrogen) atoms. The summed E-state index contributed by atoms with van der Waals surface area (Å²) in [7, 11) is 0. The van der Waals surface area contributed by atoms with E-state index < -0.39 is 24.5 Å². The van der Waals surface area contributed by atoms with Gasteiger partial charge in [-0.3, -0.25) is 4.79 Å². The summed E-state index contributed by atoms with van der Waals surface area (Å²) in [6.07, 6.45) is -3.07. The summed E-state index contributed by atoms with van der Waals surface area (Å²) in [6.45, 7) is 7.24. The molecule has 0 bridgehead atoms. The first-order valence-corrected chi connectivity index (χ1v) is 5.17. The number of carbonyl (C=O) groups excluding carboxylic acids is 1. The summed E-state index contributed by atoms with van der Waals surface area (Å²) < 4.78 is 9.61. The zero-order chi connectivity index (χ0) is 12.0. The Balaban J connectivity index is 0.000000921. The maximum Gasteiger partial charge on any atom is 0.303 e. The minimum Gasteiger partial charge on any atom is -0.454 e. The molecule has 1 aliphatic rings. The molecule has 1 saturated heterocycles. The molecule has 0 aromatic rings. The van der Waals surface area contributed by atoms with Crippen molar-refractivity contribution in [2.75, 3.05) is 6.61 Å². The maximum absolute atomic E-state index is 10.6. The Morgan fingerprint density at radius 3 is 2.40 bits per heavy atom. The second kappa shape index (κ2) is 6.76. The van der Waals surface area contributed by atoms with E-state index in [0.29, 0.717) is 0 Å². The summed E-state index contributed by atoms with van der Waals surface area (Å²) in [6, 6.07) is 0. The fourth-order valence-corrected chi connectivity index (χ4v) is 1.26. The third kappa shape index (κ3) is 4.15. The predicted molar refractivity (Wildman–Crippen MR) is 54.0 cm³/mol. The first-order chi connectivity index (χ1) is 7.02. The second-order valence-corrected chi connectivity index (χ2v) is 3.27. The molecule has 1 fully saturated rings. The Morgan fingerprint density at radius 1 is 1.40 bits per heavy atom. The number of hydrogen-bond donors (Lipinski definition) is 2. The van der Waals surface area contributed by atoms with Crippen LogP contribution in [0.2, 0.25) is 0 Å². The minimum absolute atomic E-state index is 0.146. The molecular weight excluding hydrogens is 200 g/mol. The van der Waals surface area contributed by atoms with Crippen LogP contribution >= 0.6 is 0 Å². The van der Waals surface area contributed by atoms with E-state index in [4.69, 9.17) is 9.47 Å². The van der Waals surface area contributed by atoms with Crippen molar-refractivity contribution in [2.45, 2.75) is 46.2 Å². The first kappa shape index (κ1) is 14.3. The van der Waals surface area contributed by atoms with Gasteiger partial charge in [-0.2, -0.15) is 0 Å². The van der Waals surface area contributed by atoms with Gasteiger partial charge in [0.2, 0.25) is 0 Å². The average molecular weight is 220 g/mol. The molecule has 0 amide bonds. The summed E-state index contributed by atoms with van der Waals surface area (Å²) in [5.41, 5.74) is 0. The molecule has 0 aliphatic carbocycles. The van der Waals surface area contributed by atoms with Gasteiger partial charge in [0, 0.05) is 12.8 Å². The van der Waals surface area contributed by atoms with Crippen molar-refractivity contribution in [2.24, 2.45) is 5.92 Å². The van der Waals surface area contributed by atoms with Gasteiger partial charge in [-0.1, -0.05) is 20.8 Å². The van der Waals surface area contributed by atoms with Crippen molar-refractivity contribution in [1.82, 2.24) is 0 Å². The standard InChI is InChI=1S/C8H14O5.C2H6/c1-4-3-12-8(11)7(6(4)10)13-5(2)9;1-2/h4,6-8,10-11H,3H2,1-2H3;1-2H3/t4-,6-,7+,8+;/m0./s1. The zero-order valence-corrected chi connectivity index (χ0v) is 9.64. The van der Waals surface area contributed by atoms with E-state index in [2.05, 4.69) is 0 Å². The van der Waals surface area contributed by atoms with Crippen LogP contribution in [0.5, 0.6) is 0 Å². The highest BCUT2D eigenvalue weighted by Crippen LogP contribution is 2.21. The maximum atomic E-state index is 10.6. The van der Waals surface area contributed by atoms with E-state index in [0.717, 1.165) is 0 Å². The van der Waals surface area contributed by atoms with Crippen molar-refractivity contribution < 1.29 is 24.5 Å². The highest BCUT2D eigenvalue weighted by Gasteiger charge is 2.38. The summed E-state index contributed by atoms with van der Waals surface area (Å²) in [4.78, 5) is 10.6. The normalized spacial score (nSPS) is 35.1. The van der Waals surface area contributed by atoms with Gasteiger partial charge in [0.05, 0.1) is 6.61 Å². The summed E-state index contributed by atoms with van der Waals surface area (Å²) in [5, 5.41) is 18.8. The van der Waals surface area contributed by atoms with Gasteiger partial charge in [-0.25, -0.2) is 0 Å². The van der Waals surface area contributed by atoms with E-state index in [9.17, 15) is 15.0 Å². The molecule has 4 atom stereocenters. The lowest BCUT2D eigenvalue weighted by atomic mass is 9.97. The number of carbonyl (C=O) groups is 1. The SMILES string of the molecule is CC.CC(=O)O[C@@H]1[C@@H](O)[C@@H](C)CO[C@H]1O. The molecule has 5 nitrogen and oxygen atoms in total. The van der Waals surface area contributed by atoms with Crippen LogP contribution in [0.15, 0.2) is 0 Å². The van der Waals surface area contributed by atoms with Crippen molar-refractivity contribution in [3.8, 4) is 0 Å². The molecule has 90 valence electrons. The van der Waals surface area contributed by atoms with Crippen molar-refractivity contribution in [1.29, 1.82) is 0 Å². The van der Waals surface area contributed by atoms with Crippen LogP contribution in [0.3, 0.4) is 0 Å². The van der Waals surface area contributed by atoms with E-state index in [1.807, 2.05) is 13.8 Å². The Hall–Kier alpha value is -0.650. The monoisotopic (exact) mass is 220 g/mol. The van der Waals surface area contributed by atoms with Gasteiger partial charge in [-0.15, -0.1) is 0 Å². The first-order valence-electron chi connectivity index (χ1n) is 5.17. The molecule has 1 rings (SSSR count). The minimum atomic E-state index is -1.23. The van der Waals surface area contributed by atoms with Gasteiger partial charge < -0.3 is 19.7 Å². The molecular formula is C10H20O5. The molecule has 0 saturated carbocycles. The number of esters is 1. The van der Waals surface area contributed by atoms with Gasteiger partial charge in [0.15, 0.2) is 12.4 Å². The van der Waals surface area contributed by atoms with Crippen molar-refractivity contribution in [3.05, 3.63) is 0 Å². The van der Waals surface area contributed by atoms with Gasteiger partial charge in [-0.05, 0) is 0 Å². The van der Waals surface area contributed by atoms with E-state index in [1.165, 1.54) is 6.92 Å². The lowest BCUT2D eigenvalue weighted by Crippen LogP contribution is -2.51. The van der Waals surface area contributed by atoms with E-state index in [1.54, 1.807) is 6.92 Å². The number of rotatable bonds is 1. The Morgan fingerprint density at radius 2 is 1.93 bits per heavy atom. The van der Waals surface area contributed by atoms with E-state index >= 15 is 0 Å². The van der Waals surface area contributed by atoms with Crippen LogP contribution in [-0.4, -0.2) is 41.3 Å². The molecule has 0 aromatic heterocycles. The molecule has 0 spiro atoms. The largest absolute Gasteiger partial charge is 0.454 e. The fourth-order valence-electron chi connectivity index (χ4n) is 1.26. The Labute approximate surface area is 90.0 Å². The van der Waals surface area contributed by atoms with Crippen LogP contribution in [0, 0.1) is 5.92 Å². The molecule has 0 aromatic carbocycles. The number of aliphatic hydroxyl groups excluding tert-OH is 2. The summed E-state index contributed by atoms with van der Waals surface area (Å²) >= 11 is 0. The molecule has 1 heterocycles. The second-order valence-electron chi connectivity index (χ2n) is 3.27. The van der Waals surface area contributed by atoms with Crippen LogP contribution in [0.4, 0.5) is 0 Å². The smallest absolute Gasteiger partial charge is 0.303 e. The van der Waals surface area contributed by atoms with Crippen molar-refractivity contribution >= 4 is 5.97 Å². The zero-order valence-electron chi connectivity index (χ0n) is 9.64. The molecule has 1 aliphatic heterocycles. The van der Waals surface area contributed by atoms with Crippen LogP contribution in [0.25, 0.3) is 0 Å².